The maximum Gasteiger partial charge on any atom is 0.390 e. The van der Waals surface area contributed by atoms with E-state index in [-0.39, 0.29) is 6.04 Å². The van der Waals surface area contributed by atoms with E-state index in [2.05, 4.69) is 5.32 Å². The lowest BCUT2D eigenvalue weighted by atomic mass is 10.0. The smallest absolute Gasteiger partial charge is 0.307 e. The number of hydrogen-bond acceptors (Lipinski definition) is 1. The fourth-order valence-corrected chi connectivity index (χ4v) is 1.88. The molecule has 1 N–H and O–H groups in total. The van der Waals surface area contributed by atoms with Gasteiger partial charge < -0.3 is 5.32 Å². The average molecular weight is 245 g/mol. The number of nitrogens with one attached hydrogen (secondary N) is 1. The summed E-state index contributed by atoms with van der Waals surface area (Å²) in [5, 5.41) is 3.02. The minimum absolute atomic E-state index is 0.0199. The predicted molar refractivity (Wildman–Crippen MR) is 62.7 cm³/mol. The Kier molecular flexibility index (Phi) is 5.00. The zero-order chi connectivity index (χ0) is 12.9. The molecule has 17 heavy (non-hydrogen) atoms. The number of rotatable bonds is 5. The Morgan fingerprint density at radius 1 is 1.18 bits per heavy atom. The highest BCUT2D eigenvalue weighted by Gasteiger charge is 2.30. The van der Waals surface area contributed by atoms with Crippen molar-refractivity contribution in [2.24, 2.45) is 0 Å². The molecule has 0 saturated carbocycles. The third-order valence-electron chi connectivity index (χ3n) is 2.63. The summed E-state index contributed by atoms with van der Waals surface area (Å²) in [4.78, 5) is 0. The monoisotopic (exact) mass is 245 g/mol. The summed E-state index contributed by atoms with van der Waals surface area (Å²) in [5.74, 6) is 0. The maximum absolute atomic E-state index is 12.2. The summed E-state index contributed by atoms with van der Waals surface area (Å²) in [7, 11) is 0. The number of benzene rings is 1. The highest BCUT2D eigenvalue weighted by atomic mass is 19.4. The van der Waals surface area contributed by atoms with Crippen LogP contribution < -0.4 is 5.32 Å². The molecule has 1 aromatic rings. The lowest BCUT2D eigenvalue weighted by molar-refractivity contribution is -0.139. The number of alkyl halides is 3. The van der Waals surface area contributed by atoms with Gasteiger partial charge in [-0.3, -0.25) is 0 Å². The Hall–Kier alpha value is -1.03. The first-order chi connectivity index (χ1) is 7.92. The van der Waals surface area contributed by atoms with E-state index in [1.54, 1.807) is 6.92 Å². The van der Waals surface area contributed by atoms with Crippen molar-refractivity contribution in [3.63, 3.8) is 0 Å². The van der Waals surface area contributed by atoms with Crippen molar-refractivity contribution in [3.05, 3.63) is 35.9 Å². The van der Waals surface area contributed by atoms with Crippen molar-refractivity contribution in [1.82, 2.24) is 5.32 Å². The molecule has 0 aliphatic carbocycles. The fraction of sp³-hybridized carbons (Fsp3) is 0.538. The van der Waals surface area contributed by atoms with Crippen LogP contribution in [-0.4, -0.2) is 12.2 Å². The minimum Gasteiger partial charge on any atom is -0.307 e. The van der Waals surface area contributed by atoms with Gasteiger partial charge in [-0.15, -0.1) is 0 Å². The molecule has 0 aliphatic rings. The third kappa shape index (κ3) is 5.22. The second-order valence-corrected chi connectivity index (χ2v) is 4.26. The lowest BCUT2D eigenvalue weighted by Crippen LogP contribution is -2.34. The van der Waals surface area contributed by atoms with Crippen LogP contribution in [0.2, 0.25) is 0 Å². The number of hydrogen-bond donors (Lipinski definition) is 1. The largest absolute Gasteiger partial charge is 0.390 e. The molecule has 0 bridgehead atoms. The summed E-state index contributed by atoms with van der Waals surface area (Å²) >= 11 is 0. The first-order valence-electron chi connectivity index (χ1n) is 5.80. The molecule has 0 aromatic heterocycles. The zero-order valence-electron chi connectivity index (χ0n) is 10.1. The molecule has 0 saturated heterocycles. The Morgan fingerprint density at radius 2 is 1.76 bits per heavy atom. The molecule has 96 valence electrons. The second kappa shape index (κ2) is 6.05. The molecule has 4 heteroatoms. The average Bonchev–Trinajstić information content (AvgIpc) is 2.24. The van der Waals surface area contributed by atoms with Gasteiger partial charge >= 0.3 is 6.18 Å². The van der Waals surface area contributed by atoms with Gasteiger partial charge in [0, 0.05) is 12.1 Å². The van der Waals surface area contributed by atoms with Crippen LogP contribution in [0.4, 0.5) is 13.2 Å². The molecular weight excluding hydrogens is 227 g/mol. The molecule has 0 heterocycles. The summed E-state index contributed by atoms with van der Waals surface area (Å²) in [5.41, 5.74) is 1.03. The van der Waals surface area contributed by atoms with Crippen LogP contribution in [0.25, 0.3) is 0 Å². The molecule has 0 fully saturated rings. The quantitative estimate of drug-likeness (QED) is 0.824. The highest BCUT2D eigenvalue weighted by molar-refractivity contribution is 5.18. The Bertz CT molecular complexity index is 321. The summed E-state index contributed by atoms with van der Waals surface area (Å²) in [6.07, 6.45) is -4.13. The number of halogens is 3. The fourth-order valence-electron chi connectivity index (χ4n) is 1.88. The van der Waals surface area contributed by atoms with E-state index in [1.165, 1.54) is 0 Å². The first kappa shape index (κ1) is 14.0. The van der Waals surface area contributed by atoms with E-state index in [0.29, 0.717) is 0 Å². The van der Waals surface area contributed by atoms with Gasteiger partial charge in [-0.25, -0.2) is 0 Å². The van der Waals surface area contributed by atoms with Gasteiger partial charge in [0.05, 0.1) is 6.42 Å². The molecule has 1 nitrogen and oxygen atoms in total. The topological polar surface area (TPSA) is 12.0 Å². The SMILES string of the molecule is CCC(NC(C)CC(F)(F)F)c1ccccc1. The van der Waals surface area contributed by atoms with Gasteiger partial charge in [0.2, 0.25) is 0 Å². The van der Waals surface area contributed by atoms with Crippen molar-refractivity contribution >= 4 is 0 Å². The van der Waals surface area contributed by atoms with Crippen molar-refractivity contribution in [1.29, 1.82) is 0 Å². The molecule has 0 spiro atoms. The first-order valence-corrected chi connectivity index (χ1v) is 5.80. The van der Waals surface area contributed by atoms with Crippen LogP contribution in [0, 0.1) is 0 Å². The molecule has 1 rings (SSSR count). The molecule has 2 unspecified atom stereocenters. The Labute approximate surface area is 100 Å². The molecule has 0 radical (unpaired) electrons. The highest BCUT2D eigenvalue weighted by Crippen LogP contribution is 2.24. The molecule has 0 amide bonds. The molecular formula is C13H18F3N. The van der Waals surface area contributed by atoms with Crippen LogP contribution in [0.1, 0.15) is 38.3 Å². The van der Waals surface area contributed by atoms with E-state index >= 15 is 0 Å². The van der Waals surface area contributed by atoms with Crippen LogP contribution in [0.3, 0.4) is 0 Å². The second-order valence-electron chi connectivity index (χ2n) is 4.26. The van der Waals surface area contributed by atoms with E-state index in [4.69, 9.17) is 0 Å². The van der Waals surface area contributed by atoms with Gasteiger partial charge in [0.15, 0.2) is 0 Å². The van der Waals surface area contributed by atoms with E-state index in [9.17, 15) is 13.2 Å². The van der Waals surface area contributed by atoms with Gasteiger partial charge in [-0.1, -0.05) is 37.3 Å². The van der Waals surface area contributed by atoms with Crippen LogP contribution in [-0.2, 0) is 0 Å². The van der Waals surface area contributed by atoms with Gasteiger partial charge in [-0.05, 0) is 18.9 Å². The van der Waals surface area contributed by atoms with Gasteiger partial charge in [0.1, 0.15) is 0 Å². The predicted octanol–water partition coefficient (Wildman–Crippen LogP) is 4.07. The van der Waals surface area contributed by atoms with E-state index in [1.807, 2.05) is 37.3 Å². The summed E-state index contributed by atoms with van der Waals surface area (Å²) in [6.45, 7) is 3.53. The van der Waals surface area contributed by atoms with Crippen molar-refractivity contribution in [3.8, 4) is 0 Å². The third-order valence-corrected chi connectivity index (χ3v) is 2.63. The molecule has 0 aliphatic heterocycles. The molecule has 1 aromatic carbocycles. The van der Waals surface area contributed by atoms with Crippen molar-refractivity contribution < 1.29 is 13.2 Å². The summed E-state index contributed by atoms with van der Waals surface area (Å²) < 4.78 is 36.7. The molecule has 2 atom stereocenters. The van der Waals surface area contributed by atoms with Gasteiger partial charge in [0.25, 0.3) is 0 Å². The Morgan fingerprint density at radius 3 is 2.24 bits per heavy atom. The van der Waals surface area contributed by atoms with Crippen LogP contribution in [0.5, 0.6) is 0 Å². The minimum atomic E-state index is -4.11. The summed E-state index contributed by atoms with van der Waals surface area (Å²) in [6, 6.07) is 8.97. The zero-order valence-corrected chi connectivity index (χ0v) is 10.1. The van der Waals surface area contributed by atoms with Crippen LogP contribution >= 0.6 is 0 Å². The normalized spacial score (nSPS) is 15.6. The van der Waals surface area contributed by atoms with E-state index in [0.717, 1.165) is 12.0 Å². The Balaban J connectivity index is 2.59. The van der Waals surface area contributed by atoms with E-state index < -0.39 is 18.6 Å². The maximum atomic E-state index is 12.2. The van der Waals surface area contributed by atoms with Crippen LogP contribution in [0.15, 0.2) is 30.3 Å². The lowest BCUT2D eigenvalue weighted by Gasteiger charge is -2.23. The van der Waals surface area contributed by atoms with Crippen molar-refractivity contribution in [2.75, 3.05) is 0 Å². The standard InChI is InChI=1S/C13H18F3N/c1-3-12(11-7-5-4-6-8-11)17-10(2)9-13(14,15)16/h4-8,10,12,17H,3,9H2,1-2H3. The van der Waals surface area contributed by atoms with Crippen molar-refractivity contribution in [2.45, 2.75) is 44.9 Å². The van der Waals surface area contributed by atoms with Gasteiger partial charge in [-0.2, -0.15) is 13.2 Å².